The molecule has 130 valence electrons. The second kappa shape index (κ2) is 7.51. The molecule has 0 fully saturated rings. The molecule has 0 atom stereocenters. The maximum absolute atomic E-state index is 12.2. The first-order valence-corrected chi connectivity index (χ1v) is 9.98. The molecule has 2 heterocycles. The molecule has 0 saturated carbocycles. The van der Waals surface area contributed by atoms with Crippen molar-refractivity contribution in [2.45, 2.75) is 5.75 Å². The summed E-state index contributed by atoms with van der Waals surface area (Å²) in [7, 11) is -3.25. The van der Waals surface area contributed by atoms with E-state index in [4.69, 9.17) is 23.2 Å². The zero-order valence-electron chi connectivity index (χ0n) is 13.0. The predicted octanol–water partition coefficient (Wildman–Crippen LogP) is 3.36. The topological polar surface area (TPSA) is 84.8 Å². The molecule has 1 N–H and O–H groups in total. The lowest BCUT2D eigenvalue weighted by Gasteiger charge is -2.10. The van der Waals surface area contributed by atoms with Gasteiger partial charge in [0.15, 0.2) is 9.84 Å². The number of hydrogen-bond donors (Lipinski definition) is 1. The van der Waals surface area contributed by atoms with E-state index in [-0.39, 0.29) is 28.5 Å². The van der Waals surface area contributed by atoms with Crippen LogP contribution in [-0.2, 0) is 15.6 Å². The molecule has 0 amide bonds. The SMILES string of the molecule is O=S(=O)(CCNc1nc(Cl)nc2cnc(Cl)cc12)Cc1ccccc1. The lowest BCUT2D eigenvalue weighted by Crippen LogP contribution is -2.18. The Kier molecular flexibility index (Phi) is 5.36. The third-order valence-electron chi connectivity index (χ3n) is 3.46. The average molecular weight is 397 g/mol. The Labute approximate surface area is 155 Å². The number of pyridine rings is 1. The molecule has 0 aliphatic carbocycles. The first-order chi connectivity index (χ1) is 11.9. The maximum atomic E-state index is 12.2. The van der Waals surface area contributed by atoms with Crippen LogP contribution in [0.1, 0.15) is 5.56 Å². The van der Waals surface area contributed by atoms with E-state index in [0.29, 0.717) is 16.7 Å². The largest absolute Gasteiger partial charge is 0.368 e. The van der Waals surface area contributed by atoms with Crippen molar-refractivity contribution in [1.29, 1.82) is 0 Å². The van der Waals surface area contributed by atoms with Crippen molar-refractivity contribution in [1.82, 2.24) is 15.0 Å². The van der Waals surface area contributed by atoms with Crippen LogP contribution in [0.25, 0.3) is 10.9 Å². The van der Waals surface area contributed by atoms with E-state index in [9.17, 15) is 8.42 Å². The van der Waals surface area contributed by atoms with Crippen molar-refractivity contribution in [3.8, 4) is 0 Å². The molecular weight excluding hydrogens is 383 g/mol. The third kappa shape index (κ3) is 4.78. The van der Waals surface area contributed by atoms with Gasteiger partial charge in [-0.15, -0.1) is 0 Å². The molecule has 6 nitrogen and oxygen atoms in total. The molecule has 2 aromatic heterocycles. The lowest BCUT2D eigenvalue weighted by atomic mass is 10.2. The summed E-state index contributed by atoms with van der Waals surface area (Å²) < 4.78 is 24.5. The first-order valence-electron chi connectivity index (χ1n) is 7.40. The van der Waals surface area contributed by atoms with Crippen molar-refractivity contribution < 1.29 is 8.42 Å². The number of halogens is 2. The number of nitrogens with one attached hydrogen (secondary N) is 1. The van der Waals surface area contributed by atoms with E-state index in [1.807, 2.05) is 18.2 Å². The summed E-state index contributed by atoms with van der Waals surface area (Å²) in [6, 6.07) is 10.7. The summed E-state index contributed by atoms with van der Waals surface area (Å²) in [6.07, 6.45) is 1.49. The van der Waals surface area contributed by atoms with Crippen molar-refractivity contribution in [3.05, 3.63) is 58.6 Å². The van der Waals surface area contributed by atoms with Gasteiger partial charge in [-0.3, -0.25) is 0 Å². The second-order valence-corrected chi connectivity index (χ2v) is 8.28. The minimum Gasteiger partial charge on any atom is -0.368 e. The molecule has 0 unspecified atom stereocenters. The molecule has 3 rings (SSSR count). The van der Waals surface area contributed by atoms with Gasteiger partial charge >= 0.3 is 0 Å². The highest BCUT2D eigenvalue weighted by Gasteiger charge is 2.13. The summed E-state index contributed by atoms with van der Waals surface area (Å²) >= 11 is 11.8. The molecular formula is C16H14Cl2N4O2S. The monoisotopic (exact) mass is 396 g/mol. The van der Waals surface area contributed by atoms with E-state index in [1.165, 1.54) is 6.20 Å². The van der Waals surface area contributed by atoms with Crippen LogP contribution in [0.4, 0.5) is 5.82 Å². The van der Waals surface area contributed by atoms with Gasteiger partial charge < -0.3 is 5.32 Å². The Morgan fingerprint density at radius 1 is 1.08 bits per heavy atom. The standard InChI is InChI=1S/C16H14Cl2N4O2S/c17-14-8-12-13(9-20-14)21-16(18)22-15(12)19-6-7-25(23,24)10-11-4-2-1-3-5-11/h1-5,8-9H,6-7,10H2,(H,19,21,22). The molecule has 9 heteroatoms. The van der Waals surface area contributed by atoms with E-state index in [2.05, 4.69) is 20.3 Å². The molecule has 0 aliphatic rings. The quantitative estimate of drug-likeness (QED) is 0.507. The van der Waals surface area contributed by atoms with Gasteiger partial charge in [0.05, 0.1) is 23.2 Å². The predicted molar refractivity (Wildman–Crippen MR) is 99.8 cm³/mol. The Balaban J connectivity index is 1.71. The smallest absolute Gasteiger partial charge is 0.224 e. The summed E-state index contributed by atoms with van der Waals surface area (Å²) in [5.74, 6) is 0.384. The van der Waals surface area contributed by atoms with Crippen LogP contribution in [0.3, 0.4) is 0 Å². The maximum Gasteiger partial charge on any atom is 0.224 e. The van der Waals surface area contributed by atoms with Gasteiger partial charge in [-0.1, -0.05) is 41.9 Å². The molecule has 3 aromatic rings. The molecule has 0 radical (unpaired) electrons. The molecule has 25 heavy (non-hydrogen) atoms. The van der Waals surface area contributed by atoms with Gasteiger partial charge in [-0.2, -0.15) is 0 Å². The fraction of sp³-hybridized carbons (Fsp3) is 0.188. The first kappa shape index (κ1) is 17.8. The zero-order valence-corrected chi connectivity index (χ0v) is 15.3. The van der Waals surface area contributed by atoms with E-state index in [0.717, 1.165) is 5.56 Å². The van der Waals surface area contributed by atoms with Crippen LogP contribution in [0.15, 0.2) is 42.6 Å². The highest BCUT2D eigenvalue weighted by Crippen LogP contribution is 2.23. The Morgan fingerprint density at radius 2 is 1.84 bits per heavy atom. The van der Waals surface area contributed by atoms with Crippen LogP contribution in [0.2, 0.25) is 10.4 Å². The minimum atomic E-state index is -3.25. The third-order valence-corrected chi connectivity index (χ3v) is 5.43. The number of anilines is 1. The summed E-state index contributed by atoms with van der Waals surface area (Å²) in [4.78, 5) is 12.1. The summed E-state index contributed by atoms with van der Waals surface area (Å²) in [5, 5.41) is 3.96. The number of aromatic nitrogens is 3. The highest BCUT2D eigenvalue weighted by molar-refractivity contribution is 7.90. The Morgan fingerprint density at radius 3 is 2.60 bits per heavy atom. The van der Waals surface area contributed by atoms with Crippen LogP contribution in [-0.4, -0.2) is 35.7 Å². The molecule has 0 bridgehead atoms. The molecule has 0 spiro atoms. The number of fused-ring (bicyclic) bond motifs is 1. The summed E-state index contributed by atoms with van der Waals surface area (Å²) in [5.41, 5.74) is 1.29. The van der Waals surface area contributed by atoms with Gasteiger partial charge in [0.25, 0.3) is 0 Å². The fourth-order valence-corrected chi connectivity index (χ4v) is 3.93. The van der Waals surface area contributed by atoms with Crippen molar-refractivity contribution >= 4 is 49.8 Å². The molecule has 0 aliphatic heterocycles. The Hall–Kier alpha value is -1.96. The van der Waals surface area contributed by atoms with Gasteiger partial charge in [-0.05, 0) is 23.2 Å². The summed E-state index contributed by atoms with van der Waals surface area (Å²) in [6.45, 7) is 0.192. The van der Waals surface area contributed by atoms with Gasteiger partial charge in [-0.25, -0.2) is 23.4 Å². The highest BCUT2D eigenvalue weighted by atomic mass is 35.5. The number of nitrogens with zero attached hydrogens (tertiary/aromatic N) is 3. The van der Waals surface area contributed by atoms with Crippen molar-refractivity contribution in [3.63, 3.8) is 0 Å². The van der Waals surface area contributed by atoms with E-state index in [1.54, 1.807) is 18.2 Å². The zero-order chi connectivity index (χ0) is 17.9. The van der Waals surface area contributed by atoms with Gasteiger partial charge in [0.2, 0.25) is 5.28 Å². The molecule has 0 saturated heterocycles. The molecule has 1 aromatic carbocycles. The fourth-order valence-electron chi connectivity index (χ4n) is 2.34. The van der Waals surface area contributed by atoms with Gasteiger partial charge in [0.1, 0.15) is 11.0 Å². The van der Waals surface area contributed by atoms with Crippen LogP contribution >= 0.6 is 23.2 Å². The van der Waals surface area contributed by atoms with Crippen LogP contribution < -0.4 is 5.32 Å². The number of sulfone groups is 1. The number of rotatable bonds is 6. The van der Waals surface area contributed by atoms with E-state index >= 15 is 0 Å². The number of hydrogen-bond acceptors (Lipinski definition) is 6. The van der Waals surface area contributed by atoms with Crippen molar-refractivity contribution in [2.75, 3.05) is 17.6 Å². The lowest BCUT2D eigenvalue weighted by molar-refractivity contribution is 0.595. The normalized spacial score (nSPS) is 11.6. The minimum absolute atomic E-state index is 0.00343. The van der Waals surface area contributed by atoms with Crippen molar-refractivity contribution in [2.24, 2.45) is 0 Å². The van der Waals surface area contributed by atoms with Gasteiger partial charge in [0, 0.05) is 11.9 Å². The number of benzene rings is 1. The second-order valence-electron chi connectivity index (χ2n) is 5.37. The Bertz CT molecular complexity index is 998. The van der Waals surface area contributed by atoms with Crippen LogP contribution in [0.5, 0.6) is 0 Å². The van der Waals surface area contributed by atoms with Crippen LogP contribution in [0, 0.1) is 0 Å². The van der Waals surface area contributed by atoms with E-state index < -0.39 is 9.84 Å². The average Bonchev–Trinajstić information content (AvgIpc) is 2.55.